The summed E-state index contributed by atoms with van der Waals surface area (Å²) < 4.78 is 5.23. The molecule has 0 fully saturated rings. The van der Waals surface area contributed by atoms with Gasteiger partial charge in [-0.1, -0.05) is 17.7 Å². The third kappa shape index (κ3) is 5.72. The van der Waals surface area contributed by atoms with Gasteiger partial charge >= 0.3 is 0 Å². The van der Waals surface area contributed by atoms with Crippen molar-refractivity contribution in [3.8, 4) is 11.8 Å². The number of carbonyl (C=O) groups is 1. The van der Waals surface area contributed by atoms with Gasteiger partial charge in [0.2, 0.25) is 0 Å². The molecule has 0 aliphatic carbocycles. The van der Waals surface area contributed by atoms with E-state index < -0.39 is 0 Å². The standard InChI is InChI=1S/C25H28ClN5O2/c1-5-31(11-10-30(2)3)25(32)20-16-28-22-8-6-17(14-27)12-19(22)24(20)29-15-18-7-9-23(33-4)21(26)13-18/h6-9,12-13,16H,5,10-11,15H2,1-4H3,(H,28,29). The van der Waals surface area contributed by atoms with E-state index in [0.717, 1.165) is 17.5 Å². The molecule has 1 amide bonds. The van der Waals surface area contributed by atoms with E-state index in [9.17, 15) is 10.1 Å². The molecular formula is C25H28ClN5O2. The second-order valence-electron chi connectivity index (χ2n) is 7.90. The predicted octanol–water partition coefficient (Wildman–Crippen LogP) is 4.40. The van der Waals surface area contributed by atoms with Gasteiger partial charge < -0.3 is 19.9 Å². The van der Waals surface area contributed by atoms with Gasteiger partial charge in [-0.3, -0.25) is 9.78 Å². The fourth-order valence-electron chi connectivity index (χ4n) is 3.52. The number of carbonyl (C=O) groups excluding carboxylic acids is 1. The number of nitrogens with one attached hydrogen (secondary N) is 1. The van der Waals surface area contributed by atoms with E-state index in [1.807, 2.05) is 44.1 Å². The first-order valence-corrected chi connectivity index (χ1v) is 11.1. The minimum absolute atomic E-state index is 0.105. The van der Waals surface area contributed by atoms with Gasteiger partial charge in [-0.05, 0) is 56.9 Å². The van der Waals surface area contributed by atoms with Crippen LogP contribution in [0.3, 0.4) is 0 Å². The van der Waals surface area contributed by atoms with Gasteiger partial charge in [0.1, 0.15) is 5.75 Å². The van der Waals surface area contributed by atoms with E-state index in [4.69, 9.17) is 16.3 Å². The van der Waals surface area contributed by atoms with E-state index in [-0.39, 0.29) is 5.91 Å². The minimum atomic E-state index is -0.105. The number of hydrogen-bond acceptors (Lipinski definition) is 6. The Kier molecular flexibility index (Phi) is 8.10. The number of likely N-dealkylation sites (N-methyl/N-ethyl adjacent to an activating group) is 2. The van der Waals surface area contributed by atoms with Crippen molar-refractivity contribution in [2.45, 2.75) is 13.5 Å². The average molecular weight is 466 g/mol. The van der Waals surface area contributed by atoms with Crippen LogP contribution >= 0.6 is 11.6 Å². The molecule has 3 rings (SSSR count). The number of pyridine rings is 1. The van der Waals surface area contributed by atoms with E-state index in [1.54, 1.807) is 36.4 Å². The second kappa shape index (κ2) is 11.0. The summed E-state index contributed by atoms with van der Waals surface area (Å²) in [4.78, 5) is 21.8. The fraction of sp³-hybridized carbons (Fsp3) is 0.320. The van der Waals surface area contributed by atoms with Gasteiger partial charge in [-0.15, -0.1) is 0 Å². The summed E-state index contributed by atoms with van der Waals surface area (Å²) in [6.45, 7) is 4.33. The van der Waals surface area contributed by atoms with Crippen LogP contribution in [0.4, 0.5) is 5.69 Å². The maximum absolute atomic E-state index is 13.5. The monoisotopic (exact) mass is 465 g/mol. The molecule has 0 bridgehead atoms. The quantitative estimate of drug-likeness (QED) is 0.504. The molecule has 7 nitrogen and oxygen atoms in total. The summed E-state index contributed by atoms with van der Waals surface area (Å²) in [5.41, 5.74) is 3.26. The highest BCUT2D eigenvalue weighted by molar-refractivity contribution is 6.32. The van der Waals surface area contributed by atoms with Crippen molar-refractivity contribution in [1.82, 2.24) is 14.8 Å². The first-order chi connectivity index (χ1) is 15.9. The second-order valence-corrected chi connectivity index (χ2v) is 8.31. The first-order valence-electron chi connectivity index (χ1n) is 10.7. The highest BCUT2D eigenvalue weighted by atomic mass is 35.5. The Bertz CT molecular complexity index is 1190. The molecule has 0 spiro atoms. The zero-order valence-corrected chi connectivity index (χ0v) is 20.1. The molecule has 0 saturated carbocycles. The molecule has 172 valence electrons. The smallest absolute Gasteiger partial charge is 0.257 e. The zero-order valence-electron chi connectivity index (χ0n) is 19.4. The molecule has 1 N–H and O–H groups in total. The van der Waals surface area contributed by atoms with E-state index in [0.29, 0.717) is 52.7 Å². The van der Waals surface area contributed by atoms with E-state index in [1.165, 1.54) is 0 Å². The Morgan fingerprint density at radius 2 is 2.00 bits per heavy atom. The molecule has 8 heteroatoms. The van der Waals surface area contributed by atoms with Crippen LogP contribution in [0, 0.1) is 11.3 Å². The molecule has 0 saturated heterocycles. The number of hydrogen-bond donors (Lipinski definition) is 1. The Balaban J connectivity index is 2.02. The molecule has 2 aromatic carbocycles. The summed E-state index contributed by atoms with van der Waals surface area (Å²) in [7, 11) is 5.53. The largest absolute Gasteiger partial charge is 0.495 e. The minimum Gasteiger partial charge on any atom is -0.495 e. The molecule has 3 aromatic rings. The van der Waals surface area contributed by atoms with Gasteiger partial charge in [0.15, 0.2) is 0 Å². The van der Waals surface area contributed by atoms with Crippen molar-refractivity contribution in [2.24, 2.45) is 0 Å². The molecule has 33 heavy (non-hydrogen) atoms. The van der Waals surface area contributed by atoms with Gasteiger partial charge in [0, 0.05) is 37.8 Å². The van der Waals surface area contributed by atoms with Crippen LogP contribution in [-0.4, -0.2) is 61.5 Å². The van der Waals surface area contributed by atoms with Crippen molar-refractivity contribution >= 4 is 34.1 Å². The summed E-state index contributed by atoms with van der Waals surface area (Å²) in [6.07, 6.45) is 1.61. The van der Waals surface area contributed by atoms with Crippen molar-refractivity contribution in [1.29, 1.82) is 5.26 Å². The lowest BCUT2D eigenvalue weighted by Gasteiger charge is -2.24. The fourth-order valence-corrected chi connectivity index (χ4v) is 3.80. The van der Waals surface area contributed by atoms with Gasteiger partial charge in [0.05, 0.1) is 40.5 Å². The molecule has 0 atom stereocenters. The number of nitrogens with zero attached hydrogens (tertiary/aromatic N) is 4. The van der Waals surface area contributed by atoms with Gasteiger partial charge in [-0.25, -0.2) is 0 Å². The number of rotatable bonds is 9. The highest BCUT2D eigenvalue weighted by Gasteiger charge is 2.21. The Morgan fingerprint density at radius 1 is 1.21 bits per heavy atom. The zero-order chi connectivity index (χ0) is 24.0. The molecule has 0 radical (unpaired) electrons. The lowest BCUT2D eigenvalue weighted by atomic mass is 10.0. The van der Waals surface area contributed by atoms with Crippen LogP contribution in [0.2, 0.25) is 5.02 Å². The van der Waals surface area contributed by atoms with Crippen molar-refractivity contribution in [2.75, 3.05) is 46.2 Å². The number of benzene rings is 2. The Morgan fingerprint density at radius 3 is 2.64 bits per heavy atom. The van der Waals surface area contributed by atoms with Crippen LogP contribution < -0.4 is 10.1 Å². The lowest BCUT2D eigenvalue weighted by molar-refractivity contribution is 0.0755. The summed E-state index contributed by atoms with van der Waals surface area (Å²) in [6, 6.07) is 13.0. The van der Waals surface area contributed by atoms with Crippen LogP contribution in [0.15, 0.2) is 42.6 Å². The molecule has 0 aliphatic heterocycles. The third-order valence-corrected chi connectivity index (χ3v) is 5.69. The molecule has 1 aromatic heterocycles. The van der Waals surface area contributed by atoms with E-state index >= 15 is 0 Å². The van der Waals surface area contributed by atoms with Crippen LogP contribution in [0.25, 0.3) is 10.9 Å². The van der Waals surface area contributed by atoms with E-state index in [2.05, 4.69) is 16.4 Å². The number of nitriles is 1. The number of halogens is 1. The first kappa shape index (κ1) is 24.3. The number of anilines is 1. The number of methoxy groups -OCH3 is 1. The average Bonchev–Trinajstić information content (AvgIpc) is 2.82. The molecule has 0 unspecified atom stereocenters. The number of amides is 1. The molecule has 0 aliphatic rings. The van der Waals surface area contributed by atoms with Crippen LogP contribution in [-0.2, 0) is 6.54 Å². The number of fused-ring (bicyclic) bond motifs is 1. The SMILES string of the molecule is CCN(CCN(C)C)C(=O)c1cnc2ccc(C#N)cc2c1NCc1ccc(OC)c(Cl)c1. The van der Waals surface area contributed by atoms with Crippen LogP contribution in [0.5, 0.6) is 5.75 Å². The van der Waals surface area contributed by atoms with Crippen molar-refractivity contribution in [3.63, 3.8) is 0 Å². The Hall–Kier alpha value is -3.34. The summed E-state index contributed by atoms with van der Waals surface area (Å²) in [5.74, 6) is 0.496. The van der Waals surface area contributed by atoms with Crippen LogP contribution in [0.1, 0.15) is 28.4 Å². The maximum atomic E-state index is 13.5. The van der Waals surface area contributed by atoms with Gasteiger partial charge in [-0.2, -0.15) is 5.26 Å². The Labute approximate surface area is 199 Å². The lowest BCUT2D eigenvalue weighted by Crippen LogP contribution is -2.37. The predicted molar refractivity (Wildman–Crippen MR) is 132 cm³/mol. The maximum Gasteiger partial charge on any atom is 0.257 e. The normalized spacial score (nSPS) is 10.8. The number of ether oxygens (including phenoxy) is 1. The van der Waals surface area contributed by atoms with Crippen molar-refractivity contribution in [3.05, 3.63) is 64.3 Å². The molecule has 1 heterocycles. The number of aromatic nitrogens is 1. The molecular weight excluding hydrogens is 438 g/mol. The third-order valence-electron chi connectivity index (χ3n) is 5.40. The summed E-state index contributed by atoms with van der Waals surface area (Å²) >= 11 is 6.28. The summed E-state index contributed by atoms with van der Waals surface area (Å²) in [5, 5.41) is 14.1. The van der Waals surface area contributed by atoms with Crippen molar-refractivity contribution < 1.29 is 9.53 Å². The topological polar surface area (TPSA) is 81.5 Å². The van der Waals surface area contributed by atoms with Gasteiger partial charge in [0.25, 0.3) is 5.91 Å². The highest BCUT2D eigenvalue weighted by Crippen LogP contribution is 2.30.